The summed E-state index contributed by atoms with van der Waals surface area (Å²) in [6.07, 6.45) is 3.48. The molecule has 0 fully saturated rings. The second-order valence-electron chi connectivity index (χ2n) is 10.5. The summed E-state index contributed by atoms with van der Waals surface area (Å²) in [6, 6.07) is 37.4. The zero-order valence-corrected chi connectivity index (χ0v) is 24.0. The predicted octanol–water partition coefficient (Wildman–Crippen LogP) is 7.12. The molecule has 0 aliphatic heterocycles. The lowest BCUT2D eigenvalue weighted by Crippen LogP contribution is -2.18. The Hall–Kier alpha value is -5.69. The molecule has 2 amide bonds. The van der Waals surface area contributed by atoms with E-state index in [9.17, 15) is 9.59 Å². The van der Waals surface area contributed by atoms with Crippen LogP contribution in [0.4, 0.5) is 5.69 Å². The molecule has 0 atom stereocenters. The number of amides is 2. The fourth-order valence-corrected chi connectivity index (χ4v) is 5.20. The van der Waals surface area contributed by atoms with Crippen LogP contribution in [0.1, 0.15) is 27.2 Å². The van der Waals surface area contributed by atoms with Gasteiger partial charge in [-0.2, -0.15) is 5.10 Å². The fraction of sp³-hybridized carbons (Fsp3) is 0.0833. The average Bonchev–Trinajstić information content (AvgIpc) is 3.59. The maximum atomic E-state index is 12.9. The van der Waals surface area contributed by atoms with Crippen molar-refractivity contribution in [2.45, 2.75) is 20.4 Å². The van der Waals surface area contributed by atoms with Gasteiger partial charge in [-0.15, -0.1) is 0 Å². The van der Waals surface area contributed by atoms with Crippen molar-refractivity contribution < 1.29 is 9.59 Å². The molecule has 0 radical (unpaired) electrons. The fourth-order valence-electron chi connectivity index (χ4n) is 5.20. The quantitative estimate of drug-likeness (QED) is 0.152. The SMILES string of the molecule is Cc1ccc(NC(=O)Cn2cc(/C=N/NC(=O)c3ccc(-n4c(C)ccc4-c4ccccc4)cc3)c3ccccc32)cc1. The Balaban J connectivity index is 1.15. The van der Waals surface area contributed by atoms with Gasteiger partial charge in [-0.1, -0.05) is 66.2 Å². The van der Waals surface area contributed by atoms with Gasteiger partial charge in [-0.25, -0.2) is 5.43 Å². The summed E-state index contributed by atoms with van der Waals surface area (Å²) in [5.41, 5.74) is 11.0. The van der Waals surface area contributed by atoms with Crippen LogP contribution in [0.15, 0.2) is 127 Å². The van der Waals surface area contributed by atoms with E-state index in [0.29, 0.717) is 5.56 Å². The van der Waals surface area contributed by atoms with Gasteiger partial charge in [-0.05, 0) is 74.0 Å². The van der Waals surface area contributed by atoms with Gasteiger partial charge in [-0.3, -0.25) is 9.59 Å². The van der Waals surface area contributed by atoms with E-state index < -0.39 is 0 Å². The van der Waals surface area contributed by atoms with Crippen LogP contribution >= 0.6 is 0 Å². The summed E-state index contributed by atoms with van der Waals surface area (Å²) in [6.45, 7) is 4.22. The minimum atomic E-state index is -0.309. The van der Waals surface area contributed by atoms with Crippen LogP contribution in [-0.4, -0.2) is 27.2 Å². The third-order valence-corrected chi connectivity index (χ3v) is 7.37. The summed E-state index contributed by atoms with van der Waals surface area (Å²) >= 11 is 0. The van der Waals surface area contributed by atoms with Gasteiger partial charge >= 0.3 is 0 Å². The molecular weight excluding hydrogens is 534 g/mol. The molecule has 43 heavy (non-hydrogen) atoms. The first kappa shape index (κ1) is 27.5. The largest absolute Gasteiger partial charge is 0.337 e. The van der Waals surface area contributed by atoms with Crippen LogP contribution in [0.3, 0.4) is 0 Å². The molecule has 6 aromatic rings. The second kappa shape index (κ2) is 12.0. The number of nitrogens with zero attached hydrogens (tertiary/aromatic N) is 3. The Kier molecular flexibility index (Phi) is 7.70. The van der Waals surface area contributed by atoms with E-state index in [4.69, 9.17) is 0 Å². The molecule has 0 saturated heterocycles. The molecule has 0 aliphatic carbocycles. The number of aromatic nitrogens is 2. The van der Waals surface area contributed by atoms with Crippen molar-refractivity contribution in [3.8, 4) is 16.9 Å². The van der Waals surface area contributed by atoms with E-state index in [1.54, 1.807) is 18.3 Å². The van der Waals surface area contributed by atoms with Gasteiger partial charge in [0.05, 0.1) is 11.9 Å². The van der Waals surface area contributed by atoms with Gasteiger partial charge < -0.3 is 14.5 Å². The highest BCUT2D eigenvalue weighted by molar-refractivity contribution is 6.01. The molecule has 2 heterocycles. The number of hydrogen-bond donors (Lipinski definition) is 2. The number of nitrogens with one attached hydrogen (secondary N) is 2. The van der Waals surface area contributed by atoms with Crippen LogP contribution in [0.25, 0.3) is 27.8 Å². The van der Waals surface area contributed by atoms with Crippen LogP contribution in [-0.2, 0) is 11.3 Å². The molecule has 2 aromatic heterocycles. The van der Waals surface area contributed by atoms with Crippen LogP contribution in [0, 0.1) is 13.8 Å². The van der Waals surface area contributed by atoms with Crippen molar-refractivity contribution in [3.05, 3.63) is 144 Å². The topological polar surface area (TPSA) is 80.4 Å². The molecule has 212 valence electrons. The Morgan fingerprint density at radius 1 is 0.791 bits per heavy atom. The standard InChI is InChI=1S/C36H31N5O2/c1-25-12-17-30(18-13-25)38-35(42)24-40-23-29(32-10-6-7-11-34(32)40)22-37-39-36(43)28-15-19-31(20-16-28)41-26(2)14-21-33(41)27-8-4-3-5-9-27/h3-23H,24H2,1-2H3,(H,38,42)(H,39,43)/b37-22+. The van der Waals surface area contributed by atoms with Crippen LogP contribution in [0.5, 0.6) is 0 Å². The molecular formula is C36H31N5O2. The maximum Gasteiger partial charge on any atom is 0.271 e. The summed E-state index contributed by atoms with van der Waals surface area (Å²) in [5.74, 6) is -0.438. The highest BCUT2D eigenvalue weighted by atomic mass is 16.2. The first-order valence-electron chi connectivity index (χ1n) is 14.1. The Labute approximate surface area is 250 Å². The van der Waals surface area contributed by atoms with Gasteiger partial charge in [0.25, 0.3) is 5.91 Å². The van der Waals surface area contributed by atoms with E-state index in [-0.39, 0.29) is 18.4 Å². The summed E-state index contributed by atoms with van der Waals surface area (Å²) in [5, 5.41) is 8.11. The first-order valence-corrected chi connectivity index (χ1v) is 14.1. The third kappa shape index (κ3) is 6.01. The number of benzene rings is 4. The summed E-state index contributed by atoms with van der Waals surface area (Å²) < 4.78 is 4.06. The molecule has 2 N–H and O–H groups in total. The molecule has 0 spiro atoms. The van der Waals surface area contributed by atoms with E-state index in [1.165, 1.54) is 0 Å². The lowest BCUT2D eigenvalue weighted by Gasteiger charge is -2.12. The number of aryl methyl sites for hydroxylation is 2. The molecule has 4 aromatic carbocycles. The summed E-state index contributed by atoms with van der Waals surface area (Å²) in [4.78, 5) is 25.7. The zero-order valence-electron chi connectivity index (χ0n) is 24.0. The first-order chi connectivity index (χ1) is 21.0. The minimum Gasteiger partial charge on any atom is -0.337 e. The molecule has 6 rings (SSSR count). The Morgan fingerprint density at radius 2 is 1.51 bits per heavy atom. The van der Waals surface area contributed by atoms with Crippen LogP contribution in [0.2, 0.25) is 0 Å². The van der Waals surface area contributed by atoms with Gasteiger partial charge in [0.2, 0.25) is 5.91 Å². The Bertz CT molecular complexity index is 1930. The number of anilines is 1. The van der Waals surface area contributed by atoms with Crippen LogP contribution < -0.4 is 10.7 Å². The third-order valence-electron chi connectivity index (χ3n) is 7.37. The van der Waals surface area contributed by atoms with E-state index in [1.807, 2.05) is 96.6 Å². The molecule has 7 nitrogen and oxygen atoms in total. The summed E-state index contributed by atoms with van der Waals surface area (Å²) in [7, 11) is 0. The maximum absolute atomic E-state index is 12.9. The highest BCUT2D eigenvalue weighted by Crippen LogP contribution is 2.26. The van der Waals surface area contributed by atoms with Crippen molar-refractivity contribution in [1.29, 1.82) is 0 Å². The number of hydrazone groups is 1. The van der Waals surface area contributed by atoms with Gasteiger partial charge in [0.1, 0.15) is 6.54 Å². The zero-order chi connectivity index (χ0) is 29.8. The van der Waals surface area contributed by atoms with Crippen molar-refractivity contribution in [2.75, 3.05) is 5.32 Å². The second-order valence-corrected chi connectivity index (χ2v) is 10.5. The number of fused-ring (bicyclic) bond motifs is 1. The smallest absolute Gasteiger partial charge is 0.271 e. The molecule has 0 aliphatic rings. The lowest BCUT2D eigenvalue weighted by molar-refractivity contribution is -0.116. The van der Waals surface area contributed by atoms with E-state index in [0.717, 1.165) is 50.4 Å². The van der Waals surface area contributed by atoms with Gasteiger partial charge in [0, 0.05) is 45.3 Å². The average molecular weight is 566 g/mol. The minimum absolute atomic E-state index is 0.129. The number of carbonyl (C=O) groups is 2. The normalized spacial score (nSPS) is 11.2. The highest BCUT2D eigenvalue weighted by Gasteiger charge is 2.12. The van der Waals surface area contributed by atoms with Crippen molar-refractivity contribution >= 4 is 34.6 Å². The molecule has 0 bridgehead atoms. The monoisotopic (exact) mass is 565 g/mol. The number of para-hydroxylation sites is 1. The van der Waals surface area contributed by atoms with E-state index in [2.05, 4.69) is 51.6 Å². The molecule has 7 heteroatoms. The number of rotatable bonds is 8. The van der Waals surface area contributed by atoms with Gasteiger partial charge in [0.15, 0.2) is 0 Å². The molecule has 0 unspecified atom stereocenters. The van der Waals surface area contributed by atoms with Crippen molar-refractivity contribution in [1.82, 2.24) is 14.6 Å². The number of hydrogen-bond acceptors (Lipinski definition) is 3. The van der Waals surface area contributed by atoms with E-state index >= 15 is 0 Å². The predicted molar refractivity (Wildman–Crippen MR) is 173 cm³/mol. The lowest BCUT2D eigenvalue weighted by atomic mass is 10.1. The van der Waals surface area contributed by atoms with Crippen molar-refractivity contribution in [2.24, 2.45) is 5.10 Å². The molecule has 0 saturated carbocycles. The Morgan fingerprint density at radius 3 is 2.28 bits per heavy atom. The number of carbonyl (C=O) groups excluding carboxylic acids is 2. The van der Waals surface area contributed by atoms with Crippen molar-refractivity contribution in [3.63, 3.8) is 0 Å².